The van der Waals surface area contributed by atoms with Gasteiger partial charge >= 0.3 is 0 Å². The fourth-order valence-electron chi connectivity index (χ4n) is 3.67. The highest BCUT2D eigenvalue weighted by Gasteiger charge is 2.21. The summed E-state index contributed by atoms with van der Waals surface area (Å²) in [6.45, 7) is 10.3. The summed E-state index contributed by atoms with van der Waals surface area (Å²) in [5.74, 6) is -0.255. The number of halogens is 1. The van der Waals surface area contributed by atoms with Gasteiger partial charge in [0.2, 0.25) is 0 Å². The first-order chi connectivity index (χ1) is 14.9. The van der Waals surface area contributed by atoms with Crippen LogP contribution in [-0.2, 0) is 17.9 Å². The number of fused-ring (bicyclic) bond motifs is 1. The molecule has 3 heterocycles. The van der Waals surface area contributed by atoms with Gasteiger partial charge < -0.3 is 9.14 Å². The molecule has 0 bridgehead atoms. The fraction of sp³-hybridized carbons (Fsp3) is 0.333. The molecule has 0 saturated carbocycles. The number of hydrogen-bond acceptors (Lipinski definition) is 3. The van der Waals surface area contributed by atoms with Gasteiger partial charge in [-0.1, -0.05) is 26.6 Å². The van der Waals surface area contributed by atoms with Crippen molar-refractivity contribution < 1.29 is 9.13 Å². The zero-order chi connectivity index (χ0) is 22.0. The van der Waals surface area contributed by atoms with Crippen molar-refractivity contribution in [2.24, 2.45) is 0 Å². The average molecular weight is 437 g/mol. The van der Waals surface area contributed by atoms with E-state index in [9.17, 15) is 4.39 Å². The van der Waals surface area contributed by atoms with Crippen LogP contribution in [0.15, 0.2) is 55.0 Å². The van der Waals surface area contributed by atoms with Gasteiger partial charge in [0, 0.05) is 55.7 Å². The molecule has 1 aromatic carbocycles. The monoisotopic (exact) mass is 436 g/mol. The van der Waals surface area contributed by atoms with Gasteiger partial charge in [0.15, 0.2) is 0 Å². The molecule has 3 aromatic heterocycles. The summed E-state index contributed by atoms with van der Waals surface area (Å²) in [5, 5.41) is 4.91. The van der Waals surface area contributed by atoms with Gasteiger partial charge in [-0.2, -0.15) is 5.10 Å². The molecular weight excluding hydrogens is 407 g/mol. The molecule has 0 spiro atoms. The Hall–Kier alpha value is -2.77. The number of ether oxygens (including phenoxy) is 1. The van der Waals surface area contributed by atoms with Crippen molar-refractivity contribution >= 4 is 13.7 Å². The van der Waals surface area contributed by atoms with Gasteiger partial charge in [-0.05, 0) is 48.9 Å². The second-order valence-corrected chi connectivity index (χ2v) is 14.6. The van der Waals surface area contributed by atoms with E-state index >= 15 is 0 Å². The van der Waals surface area contributed by atoms with Gasteiger partial charge in [-0.25, -0.2) is 14.1 Å². The normalized spacial score (nSPS) is 12.0. The third kappa shape index (κ3) is 4.78. The van der Waals surface area contributed by atoms with E-state index < -0.39 is 8.07 Å². The molecule has 0 atom stereocenters. The highest BCUT2D eigenvalue weighted by molar-refractivity contribution is 6.76. The molecule has 4 rings (SSSR count). The molecule has 0 aliphatic rings. The van der Waals surface area contributed by atoms with Crippen LogP contribution in [-0.4, -0.2) is 33.8 Å². The Morgan fingerprint density at radius 2 is 1.77 bits per heavy atom. The lowest BCUT2D eigenvalue weighted by Gasteiger charge is -2.16. The van der Waals surface area contributed by atoms with Crippen molar-refractivity contribution in [1.82, 2.24) is 19.2 Å². The summed E-state index contributed by atoms with van der Waals surface area (Å²) in [6.07, 6.45) is 6.60. The minimum atomic E-state index is -1.15. The number of benzene rings is 1. The molecule has 0 radical (unpaired) electrons. The van der Waals surface area contributed by atoms with E-state index in [1.807, 2.05) is 21.3 Å². The van der Waals surface area contributed by atoms with Crippen LogP contribution >= 0.6 is 0 Å². The van der Waals surface area contributed by atoms with E-state index in [1.165, 1.54) is 12.1 Å². The van der Waals surface area contributed by atoms with Crippen molar-refractivity contribution in [3.63, 3.8) is 0 Å². The molecule has 7 heteroatoms. The molecular formula is C24H29FN4OSi. The summed E-state index contributed by atoms with van der Waals surface area (Å²) in [7, 11) is -1.15. The van der Waals surface area contributed by atoms with Crippen LogP contribution in [0.4, 0.5) is 4.39 Å². The van der Waals surface area contributed by atoms with Crippen LogP contribution in [0.3, 0.4) is 0 Å². The second kappa shape index (κ2) is 8.76. The largest absolute Gasteiger partial charge is 0.360 e. The Bertz CT molecular complexity index is 1170. The molecule has 31 heavy (non-hydrogen) atoms. The maximum absolute atomic E-state index is 13.6. The van der Waals surface area contributed by atoms with Crippen LogP contribution in [0.5, 0.6) is 0 Å². The van der Waals surface area contributed by atoms with Crippen LogP contribution in [0.1, 0.15) is 12.6 Å². The van der Waals surface area contributed by atoms with Crippen molar-refractivity contribution in [3.05, 3.63) is 66.5 Å². The first-order valence-corrected chi connectivity index (χ1v) is 14.4. The van der Waals surface area contributed by atoms with Crippen LogP contribution < -0.4 is 0 Å². The summed E-state index contributed by atoms with van der Waals surface area (Å²) < 4.78 is 23.5. The van der Waals surface area contributed by atoms with Crippen LogP contribution in [0, 0.1) is 5.82 Å². The van der Waals surface area contributed by atoms with Crippen LogP contribution in [0.2, 0.25) is 25.7 Å². The lowest BCUT2D eigenvalue weighted by molar-refractivity contribution is 0.0768. The number of aromatic nitrogens is 4. The summed E-state index contributed by atoms with van der Waals surface area (Å²) in [6, 6.07) is 11.7. The highest BCUT2D eigenvalue weighted by Crippen LogP contribution is 2.35. The number of nitrogens with zero attached hydrogens (tertiary/aromatic N) is 4. The number of rotatable bonds is 8. The summed E-state index contributed by atoms with van der Waals surface area (Å²) in [4.78, 5) is 4.34. The molecule has 0 N–H and O–H groups in total. The van der Waals surface area contributed by atoms with E-state index in [2.05, 4.69) is 43.8 Å². The Kier molecular flexibility index (Phi) is 6.07. The number of hydrogen-bond donors (Lipinski definition) is 0. The van der Waals surface area contributed by atoms with Crippen molar-refractivity contribution in [2.75, 3.05) is 6.61 Å². The second-order valence-electron chi connectivity index (χ2n) is 8.99. The van der Waals surface area contributed by atoms with Gasteiger partial charge in [0.25, 0.3) is 0 Å². The predicted molar refractivity (Wildman–Crippen MR) is 125 cm³/mol. The van der Waals surface area contributed by atoms with Gasteiger partial charge in [-0.3, -0.25) is 0 Å². The minimum absolute atomic E-state index is 0.255. The highest BCUT2D eigenvalue weighted by atomic mass is 28.3. The zero-order valence-corrected chi connectivity index (χ0v) is 19.6. The standard InChI is InChI=1S/C24H29FN4OSi/c1-5-21-23(19-8-11-22-26-12-13-28(22)16-19)24(18-6-9-20(25)10-7-18)27-29(21)17-30-14-15-31(2,3)4/h6-13,16H,5,14-15,17H2,1-4H3. The lowest BCUT2D eigenvalue weighted by Crippen LogP contribution is -2.22. The van der Waals surface area contributed by atoms with E-state index in [-0.39, 0.29) is 5.82 Å². The SMILES string of the molecule is CCc1c(-c2ccc3nccn3c2)c(-c2ccc(F)cc2)nn1COCC[Si](C)(C)C. The Morgan fingerprint density at radius 1 is 1.03 bits per heavy atom. The minimum Gasteiger partial charge on any atom is -0.360 e. The maximum Gasteiger partial charge on any atom is 0.139 e. The van der Waals surface area contributed by atoms with Gasteiger partial charge in [0.05, 0.1) is 0 Å². The number of imidazole rings is 1. The quantitative estimate of drug-likeness (QED) is 0.256. The molecule has 162 valence electrons. The van der Waals surface area contributed by atoms with E-state index in [4.69, 9.17) is 9.84 Å². The maximum atomic E-state index is 13.6. The first-order valence-electron chi connectivity index (χ1n) is 10.7. The van der Waals surface area contributed by atoms with Gasteiger partial charge in [0.1, 0.15) is 23.9 Å². The smallest absolute Gasteiger partial charge is 0.139 e. The van der Waals surface area contributed by atoms with Crippen molar-refractivity contribution in [3.8, 4) is 22.4 Å². The third-order valence-corrected chi connectivity index (χ3v) is 7.10. The Morgan fingerprint density at radius 3 is 2.48 bits per heavy atom. The Balaban J connectivity index is 1.76. The molecule has 0 saturated heterocycles. The summed E-state index contributed by atoms with van der Waals surface area (Å²) >= 11 is 0. The number of pyridine rings is 1. The molecule has 0 aliphatic carbocycles. The predicted octanol–water partition coefficient (Wildman–Crippen LogP) is 5.88. The fourth-order valence-corrected chi connectivity index (χ4v) is 4.43. The average Bonchev–Trinajstić information content (AvgIpc) is 3.34. The van der Waals surface area contributed by atoms with Crippen LogP contribution in [0.25, 0.3) is 28.0 Å². The van der Waals surface area contributed by atoms with E-state index in [0.29, 0.717) is 6.73 Å². The zero-order valence-electron chi connectivity index (χ0n) is 18.6. The summed E-state index contributed by atoms with van der Waals surface area (Å²) in [5.41, 5.74) is 5.83. The topological polar surface area (TPSA) is 44.4 Å². The first kappa shape index (κ1) is 21.5. The molecule has 0 fully saturated rings. The van der Waals surface area contributed by atoms with Crippen molar-refractivity contribution in [1.29, 1.82) is 0 Å². The molecule has 4 aromatic rings. The molecule has 5 nitrogen and oxygen atoms in total. The third-order valence-electron chi connectivity index (χ3n) is 5.40. The van der Waals surface area contributed by atoms with Gasteiger partial charge in [-0.15, -0.1) is 0 Å². The van der Waals surface area contributed by atoms with E-state index in [1.54, 1.807) is 18.3 Å². The van der Waals surface area contributed by atoms with E-state index in [0.717, 1.165) is 52.8 Å². The lowest BCUT2D eigenvalue weighted by atomic mass is 9.99. The Labute approximate surface area is 183 Å². The van der Waals surface area contributed by atoms with Crippen molar-refractivity contribution in [2.45, 2.75) is 45.8 Å². The molecule has 0 aliphatic heterocycles. The molecule has 0 amide bonds. The molecule has 0 unspecified atom stereocenters.